The van der Waals surface area contributed by atoms with Crippen molar-refractivity contribution in [2.45, 2.75) is 18.4 Å². The lowest BCUT2D eigenvalue weighted by Gasteiger charge is -2.08. The average Bonchev–Trinajstić information content (AvgIpc) is 2.84. The molecule has 2 aromatic rings. The number of amides is 1. The van der Waals surface area contributed by atoms with Crippen molar-refractivity contribution in [2.24, 2.45) is 5.14 Å². The van der Waals surface area contributed by atoms with Crippen molar-refractivity contribution in [3.05, 3.63) is 53.9 Å². The van der Waals surface area contributed by atoms with Crippen molar-refractivity contribution >= 4 is 15.9 Å². The molecule has 1 amide bonds. The van der Waals surface area contributed by atoms with E-state index in [9.17, 15) is 13.2 Å². The van der Waals surface area contributed by atoms with Gasteiger partial charge in [0.2, 0.25) is 10.0 Å². The second kappa shape index (κ2) is 6.11. The minimum atomic E-state index is -3.85. The molecule has 1 aromatic heterocycles. The molecule has 3 N–H and O–H groups in total. The van der Waals surface area contributed by atoms with E-state index < -0.39 is 10.0 Å². The van der Waals surface area contributed by atoms with Gasteiger partial charge in [-0.05, 0) is 18.6 Å². The first-order chi connectivity index (χ1) is 9.91. The van der Waals surface area contributed by atoms with Crippen molar-refractivity contribution < 1.29 is 13.2 Å². The number of aromatic nitrogens is 1. The molecule has 0 bridgehead atoms. The van der Waals surface area contributed by atoms with E-state index in [1.54, 1.807) is 11.5 Å². The van der Waals surface area contributed by atoms with Gasteiger partial charge in [-0.15, -0.1) is 0 Å². The quantitative estimate of drug-likeness (QED) is 0.860. The molecule has 0 saturated heterocycles. The van der Waals surface area contributed by atoms with E-state index in [0.29, 0.717) is 13.1 Å². The molecule has 21 heavy (non-hydrogen) atoms. The molecule has 0 saturated carbocycles. The number of nitrogens with zero attached hydrogens (tertiary/aromatic N) is 1. The van der Waals surface area contributed by atoms with Crippen molar-refractivity contribution in [1.82, 2.24) is 9.88 Å². The molecular formula is C14H17N3O3S. The molecule has 112 valence electrons. The summed E-state index contributed by atoms with van der Waals surface area (Å²) in [6.45, 7) is 2.64. The van der Waals surface area contributed by atoms with Crippen LogP contribution in [0.3, 0.4) is 0 Å². The van der Waals surface area contributed by atoms with Gasteiger partial charge in [0.1, 0.15) is 10.6 Å². The molecule has 0 radical (unpaired) electrons. The first kappa shape index (κ1) is 15.3. The fraction of sp³-hybridized carbons (Fsp3) is 0.214. The Morgan fingerprint density at radius 3 is 2.52 bits per heavy atom. The number of carbonyl (C=O) groups excluding carboxylic acids is 1. The topological polar surface area (TPSA) is 94.2 Å². The van der Waals surface area contributed by atoms with Gasteiger partial charge in [0, 0.05) is 19.3 Å². The third kappa shape index (κ3) is 3.71. The Hall–Kier alpha value is -2.12. The third-order valence-electron chi connectivity index (χ3n) is 2.97. The van der Waals surface area contributed by atoms with Gasteiger partial charge in [-0.2, -0.15) is 0 Å². The lowest BCUT2D eigenvalue weighted by Crippen LogP contribution is -2.25. The lowest BCUT2D eigenvalue weighted by atomic mass is 10.2. The van der Waals surface area contributed by atoms with Gasteiger partial charge in [-0.1, -0.05) is 30.3 Å². The third-order valence-corrected chi connectivity index (χ3v) is 3.85. The average molecular weight is 307 g/mol. The van der Waals surface area contributed by atoms with Crippen LogP contribution in [0, 0.1) is 0 Å². The predicted octanol–water partition coefficient (Wildman–Crippen LogP) is 0.934. The van der Waals surface area contributed by atoms with Gasteiger partial charge in [0.25, 0.3) is 5.91 Å². The van der Waals surface area contributed by atoms with E-state index >= 15 is 0 Å². The number of sulfonamides is 1. The van der Waals surface area contributed by atoms with E-state index in [1.165, 1.54) is 12.3 Å². The zero-order chi connectivity index (χ0) is 15.5. The molecule has 7 heteroatoms. The fourth-order valence-electron chi connectivity index (χ4n) is 1.99. The molecule has 0 fully saturated rings. The Labute approximate surface area is 123 Å². The van der Waals surface area contributed by atoms with Crippen LogP contribution in [0.25, 0.3) is 0 Å². The van der Waals surface area contributed by atoms with E-state index in [0.717, 1.165) is 5.56 Å². The van der Waals surface area contributed by atoms with Crippen LogP contribution in [0.15, 0.2) is 47.5 Å². The van der Waals surface area contributed by atoms with Crippen LogP contribution in [-0.4, -0.2) is 25.4 Å². The van der Waals surface area contributed by atoms with Gasteiger partial charge < -0.3 is 9.88 Å². The summed E-state index contributed by atoms with van der Waals surface area (Å²) in [5, 5.41) is 7.79. The Balaban J connectivity index is 2.42. The second-order valence-corrected chi connectivity index (χ2v) is 6.14. The molecule has 6 nitrogen and oxygen atoms in total. The largest absolute Gasteiger partial charge is 0.351 e. The molecule has 1 heterocycles. The van der Waals surface area contributed by atoms with Crippen LogP contribution < -0.4 is 10.5 Å². The molecule has 0 aliphatic rings. The van der Waals surface area contributed by atoms with Gasteiger partial charge in [0.05, 0.1) is 0 Å². The zero-order valence-corrected chi connectivity index (χ0v) is 12.4. The van der Waals surface area contributed by atoms with E-state index in [4.69, 9.17) is 5.14 Å². The van der Waals surface area contributed by atoms with E-state index in [2.05, 4.69) is 5.32 Å². The summed E-state index contributed by atoms with van der Waals surface area (Å²) in [7, 11) is -3.85. The summed E-state index contributed by atoms with van der Waals surface area (Å²) >= 11 is 0. The molecular weight excluding hydrogens is 290 g/mol. The number of benzene rings is 1. The van der Waals surface area contributed by atoms with Gasteiger partial charge in [0.15, 0.2) is 0 Å². The highest BCUT2D eigenvalue weighted by Crippen LogP contribution is 2.15. The summed E-state index contributed by atoms with van der Waals surface area (Å²) in [5.74, 6) is -0.330. The van der Waals surface area contributed by atoms with Crippen molar-refractivity contribution in [3.63, 3.8) is 0 Å². The normalized spacial score (nSPS) is 11.3. The maximum Gasteiger partial charge on any atom is 0.267 e. The number of nitrogens with two attached hydrogens (primary N) is 1. The molecule has 0 atom stereocenters. The molecule has 0 aliphatic carbocycles. The number of hydrogen-bond donors (Lipinski definition) is 2. The van der Waals surface area contributed by atoms with Crippen LogP contribution in [0.1, 0.15) is 23.0 Å². The fourth-order valence-corrected chi connectivity index (χ4v) is 2.54. The van der Waals surface area contributed by atoms with Crippen molar-refractivity contribution in [3.8, 4) is 0 Å². The molecule has 2 rings (SSSR count). The van der Waals surface area contributed by atoms with Crippen LogP contribution >= 0.6 is 0 Å². The highest BCUT2D eigenvalue weighted by molar-refractivity contribution is 7.89. The first-order valence-electron chi connectivity index (χ1n) is 6.47. The number of primary sulfonamides is 1. The highest BCUT2D eigenvalue weighted by Gasteiger charge is 2.18. The number of carbonyl (C=O) groups is 1. The highest BCUT2D eigenvalue weighted by atomic mass is 32.2. The Morgan fingerprint density at radius 1 is 1.29 bits per heavy atom. The van der Waals surface area contributed by atoms with Gasteiger partial charge >= 0.3 is 0 Å². The van der Waals surface area contributed by atoms with Crippen LogP contribution in [-0.2, 0) is 16.6 Å². The molecule has 0 unspecified atom stereocenters. The zero-order valence-electron chi connectivity index (χ0n) is 11.6. The van der Waals surface area contributed by atoms with Crippen molar-refractivity contribution in [2.75, 3.05) is 6.54 Å². The number of nitrogens with one attached hydrogen (secondary N) is 1. The van der Waals surface area contributed by atoms with Gasteiger partial charge in [-0.3, -0.25) is 4.79 Å². The molecule has 0 aliphatic heterocycles. The van der Waals surface area contributed by atoms with Gasteiger partial charge in [-0.25, -0.2) is 13.6 Å². The molecule has 1 aromatic carbocycles. The SMILES string of the molecule is CCNC(=O)c1cc(S(N)(=O)=O)cn1Cc1ccccc1. The molecule has 0 spiro atoms. The summed E-state index contributed by atoms with van der Waals surface area (Å²) in [5.41, 5.74) is 1.23. The number of hydrogen-bond acceptors (Lipinski definition) is 3. The lowest BCUT2D eigenvalue weighted by molar-refractivity contribution is 0.0947. The Kier molecular flexibility index (Phi) is 4.44. The van der Waals surface area contributed by atoms with Crippen LogP contribution in [0.2, 0.25) is 0 Å². The summed E-state index contributed by atoms with van der Waals surface area (Å²) in [6.07, 6.45) is 1.38. The Bertz CT molecular complexity index is 736. The first-order valence-corrected chi connectivity index (χ1v) is 8.01. The van der Waals surface area contributed by atoms with E-state index in [-0.39, 0.29) is 16.5 Å². The van der Waals surface area contributed by atoms with Crippen LogP contribution in [0.5, 0.6) is 0 Å². The minimum absolute atomic E-state index is 0.0697. The maximum absolute atomic E-state index is 12.0. The summed E-state index contributed by atoms with van der Waals surface area (Å²) in [6, 6.07) is 10.7. The summed E-state index contributed by atoms with van der Waals surface area (Å²) < 4.78 is 24.5. The summed E-state index contributed by atoms with van der Waals surface area (Å²) in [4.78, 5) is 12.0. The van der Waals surface area contributed by atoms with Crippen molar-refractivity contribution in [1.29, 1.82) is 0 Å². The number of rotatable bonds is 5. The standard InChI is InChI=1S/C14H17N3O3S/c1-2-16-14(18)13-8-12(21(15,19)20)10-17(13)9-11-6-4-3-5-7-11/h3-8,10H,2,9H2,1H3,(H,16,18)(H2,15,19,20). The van der Waals surface area contributed by atoms with Crippen LogP contribution in [0.4, 0.5) is 0 Å². The predicted molar refractivity (Wildman–Crippen MR) is 79.4 cm³/mol. The second-order valence-electron chi connectivity index (χ2n) is 4.58. The Morgan fingerprint density at radius 2 is 1.95 bits per heavy atom. The smallest absolute Gasteiger partial charge is 0.267 e. The monoisotopic (exact) mass is 307 g/mol. The maximum atomic E-state index is 12.0. The van der Waals surface area contributed by atoms with E-state index in [1.807, 2.05) is 30.3 Å². The minimum Gasteiger partial charge on any atom is -0.351 e.